The maximum absolute atomic E-state index is 13.0. The SMILES string of the molecule is O=C(CSc1nnc(CCN2C(=O)c3cccc4cccc(c34)C2=O)o1)NCc1ccccc1. The summed E-state index contributed by atoms with van der Waals surface area (Å²) in [4.78, 5) is 39.2. The summed E-state index contributed by atoms with van der Waals surface area (Å²) >= 11 is 1.13. The standard InChI is InChI=1S/C25H20N4O4S/c30-20(26-14-16-6-2-1-3-7-16)15-34-25-28-27-21(33-25)12-13-29-23(31)18-10-4-8-17-9-5-11-19(22(17)18)24(29)32/h1-11H,12-15H2,(H,26,30). The van der Waals surface area contributed by atoms with Crippen LogP contribution in [0.25, 0.3) is 10.8 Å². The summed E-state index contributed by atoms with van der Waals surface area (Å²) in [5.74, 6) is -0.383. The minimum Gasteiger partial charge on any atom is -0.416 e. The molecule has 0 spiro atoms. The molecule has 34 heavy (non-hydrogen) atoms. The Balaban J connectivity index is 1.17. The van der Waals surface area contributed by atoms with Gasteiger partial charge < -0.3 is 9.73 Å². The van der Waals surface area contributed by atoms with Crippen LogP contribution < -0.4 is 5.32 Å². The Morgan fingerprint density at radius 2 is 1.62 bits per heavy atom. The number of amides is 3. The van der Waals surface area contributed by atoms with Crippen LogP contribution in [0.5, 0.6) is 0 Å². The fraction of sp³-hybridized carbons (Fsp3) is 0.160. The van der Waals surface area contributed by atoms with Crippen molar-refractivity contribution in [2.45, 2.75) is 18.2 Å². The van der Waals surface area contributed by atoms with Crippen LogP contribution in [-0.2, 0) is 17.8 Å². The normalized spacial score (nSPS) is 12.9. The number of hydrogen-bond donors (Lipinski definition) is 1. The Labute approximate surface area is 199 Å². The molecule has 0 unspecified atom stereocenters. The maximum atomic E-state index is 13.0. The van der Waals surface area contributed by atoms with Gasteiger partial charge in [-0.2, -0.15) is 0 Å². The zero-order chi connectivity index (χ0) is 23.5. The number of nitrogens with one attached hydrogen (secondary N) is 1. The molecule has 0 fully saturated rings. The second kappa shape index (κ2) is 9.48. The first-order valence-electron chi connectivity index (χ1n) is 10.7. The third-order valence-electron chi connectivity index (χ3n) is 5.51. The van der Waals surface area contributed by atoms with Crippen molar-refractivity contribution in [1.82, 2.24) is 20.4 Å². The van der Waals surface area contributed by atoms with Crippen LogP contribution in [-0.4, -0.2) is 45.1 Å². The lowest BCUT2D eigenvalue weighted by Gasteiger charge is -2.26. The van der Waals surface area contributed by atoms with Crippen molar-refractivity contribution in [2.24, 2.45) is 0 Å². The number of nitrogens with zero attached hydrogens (tertiary/aromatic N) is 3. The molecule has 8 nitrogen and oxygen atoms in total. The minimum atomic E-state index is -0.335. The fourth-order valence-corrected chi connectivity index (χ4v) is 4.47. The van der Waals surface area contributed by atoms with Crippen molar-refractivity contribution >= 4 is 40.3 Å². The highest BCUT2D eigenvalue weighted by Crippen LogP contribution is 2.30. The van der Waals surface area contributed by atoms with Gasteiger partial charge in [-0.15, -0.1) is 10.2 Å². The largest absolute Gasteiger partial charge is 0.416 e. The van der Waals surface area contributed by atoms with Gasteiger partial charge in [0, 0.05) is 36.0 Å². The van der Waals surface area contributed by atoms with Crippen LogP contribution >= 0.6 is 11.8 Å². The molecule has 0 saturated heterocycles. The molecule has 0 atom stereocenters. The second-order valence-electron chi connectivity index (χ2n) is 7.73. The Kier molecular flexibility index (Phi) is 6.09. The molecule has 0 bridgehead atoms. The summed E-state index contributed by atoms with van der Waals surface area (Å²) in [5, 5.41) is 12.6. The van der Waals surface area contributed by atoms with Gasteiger partial charge in [0.15, 0.2) is 0 Å². The maximum Gasteiger partial charge on any atom is 0.277 e. The Morgan fingerprint density at radius 1 is 0.912 bits per heavy atom. The topological polar surface area (TPSA) is 105 Å². The Hall–Kier alpha value is -3.98. The van der Waals surface area contributed by atoms with Gasteiger partial charge in [-0.3, -0.25) is 19.3 Å². The zero-order valence-electron chi connectivity index (χ0n) is 18.1. The van der Waals surface area contributed by atoms with Gasteiger partial charge in [0.05, 0.1) is 5.75 Å². The van der Waals surface area contributed by atoms with E-state index in [0.29, 0.717) is 28.9 Å². The average molecular weight is 473 g/mol. The molecule has 1 aromatic heterocycles. The van der Waals surface area contributed by atoms with Gasteiger partial charge in [-0.25, -0.2) is 0 Å². The number of aromatic nitrogens is 2. The van der Waals surface area contributed by atoms with Crippen molar-refractivity contribution < 1.29 is 18.8 Å². The lowest BCUT2D eigenvalue weighted by atomic mass is 9.94. The summed E-state index contributed by atoms with van der Waals surface area (Å²) in [6.07, 6.45) is 0.226. The highest BCUT2D eigenvalue weighted by Gasteiger charge is 2.32. The molecular formula is C25H20N4O4S. The summed E-state index contributed by atoms with van der Waals surface area (Å²) in [6.45, 7) is 0.566. The second-order valence-corrected chi connectivity index (χ2v) is 8.66. The first kappa shape index (κ1) is 21.8. The molecule has 1 aliphatic rings. The van der Waals surface area contributed by atoms with Gasteiger partial charge in [-0.05, 0) is 23.1 Å². The molecule has 0 saturated carbocycles. The van der Waals surface area contributed by atoms with E-state index in [1.54, 1.807) is 12.1 Å². The lowest BCUT2D eigenvalue weighted by Crippen LogP contribution is -2.41. The number of imide groups is 1. The molecule has 3 aromatic carbocycles. The predicted molar refractivity (Wildman–Crippen MR) is 126 cm³/mol. The molecule has 5 rings (SSSR count). The van der Waals surface area contributed by atoms with Crippen LogP contribution in [0.4, 0.5) is 0 Å². The molecule has 0 aliphatic carbocycles. The van der Waals surface area contributed by atoms with E-state index >= 15 is 0 Å². The first-order chi connectivity index (χ1) is 16.6. The van der Waals surface area contributed by atoms with Crippen LogP contribution in [0.2, 0.25) is 0 Å². The van der Waals surface area contributed by atoms with E-state index in [-0.39, 0.29) is 41.7 Å². The van der Waals surface area contributed by atoms with Crippen molar-refractivity contribution in [1.29, 1.82) is 0 Å². The Morgan fingerprint density at radius 3 is 2.32 bits per heavy atom. The molecule has 170 valence electrons. The van der Waals surface area contributed by atoms with Gasteiger partial charge in [-0.1, -0.05) is 66.4 Å². The quantitative estimate of drug-likeness (QED) is 0.309. The van der Waals surface area contributed by atoms with E-state index in [2.05, 4.69) is 15.5 Å². The van der Waals surface area contributed by atoms with E-state index in [1.165, 1.54) is 4.90 Å². The Bertz CT molecular complexity index is 1340. The van der Waals surface area contributed by atoms with Crippen molar-refractivity contribution in [3.8, 4) is 0 Å². The molecule has 9 heteroatoms. The van der Waals surface area contributed by atoms with Crippen molar-refractivity contribution in [2.75, 3.05) is 12.3 Å². The highest BCUT2D eigenvalue weighted by molar-refractivity contribution is 7.99. The fourth-order valence-electron chi connectivity index (χ4n) is 3.86. The molecule has 4 aromatic rings. The smallest absolute Gasteiger partial charge is 0.277 e. The van der Waals surface area contributed by atoms with Gasteiger partial charge in [0.2, 0.25) is 11.8 Å². The average Bonchev–Trinajstić information content (AvgIpc) is 3.33. The van der Waals surface area contributed by atoms with Crippen LogP contribution in [0, 0.1) is 0 Å². The monoisotopic (exact) mass is 472 g/mol. The number of rotatable bonds is 8. The molecule has 1 N–H and O–H groups in total. The number of hydrogen-bond acceptors (Lipinski definition) is 7. The third-order valence-corrected chi connectivity index (χ3v) is 6.33. The van der Waals surface area contributed by atoms with Crippen molar-refractivity contribution in [3.63, 3.8) is 0 Å². The number of carbonyl (C=O) groups excluding carboxylic acids is 3. The van der Waals surface area contributed by atoms with E-state index in [1.807, 2.05) is 54.6 Å². The van der Waals surface area contributed by atoms with Gasteiger partial charge in [0.25, 0.3) is 17.0 Å². The van der Waals surface area contributed by atoms with E-state index in [0.717, 1.165) is 22.7 Å². The van der Waals surface area contributed by atoms with Gasteiger partial charge in [0.1, 0.15) is 0 Å². The first-order valence-corrected chi connectivity index (χ1v) is 11.7. The van der Waals surface area contributed by atoms with E-state index < -0.39 is 0 Å². The van der Waals surface area contributed by atoms with Crippen LogP contribution in [0.3, 0.4) is 0 Å². The van der Waals surface area contributed by atoms with Crippen molar-refractivity contribution in [3.05, 3.63) is 89.3 Å². The zero-order valence-corrected chi connectivity index (χ0v) is 18.9. The molecule has 1 aliphatic heterocycles. The molecular weight excluding hydrogens is 452 g/mol. The summed E-state index contributed by atoms with van der Waals surface area (Å²) in [5.41, 5.74) is 2.04. The van der Waals surface area contributed by atoms with Crippen LogP contribution in [0.15, 0.2) is 76.4 Å². The highest BCUT2D eigenvalue weighted by atomic mass is 32.2. The van der Waals surface area contributed by atoms with E-state index in [9.17, 15) is 14.4 Å². The molecule has 3 amide bonds. The van der Waals surface area contributed by atoms with E-state index in [4.69, 9.17) is 4.42 Å². The number of benzene rings is 3. The summed E-state index contributed by atoms with van der Waals surface area (Å²) < 4.78 is 5.60. The molecule has 2 heterocycles. The summed E-state index contributed by atoms with van der Waals surface area (Å²) in [7, 11) is 0. The third kappa shape index (κ3) is 4.42. The van der Waals surface area contributed by atoms with Gasteiger partial charge >= 0.3 is 0 Å². The predicted octanol–water partition coefficient (Wildman–Crippen LogP) is 3.47. The number of thioether (sulfide) groups is 1. The molecule has 0 radical (unpaired) electrons. The summed E-state index contributed by atoms with van der Waals surface area (Å²) in [6, 6.07) is 20.5. The number of carbonyl (C=O) groups is 3. The van der Waals surface area contributed by atoms with Crippen LogP contribution in [0.1, 0.15) is 32.2 Å². The minimum absolute atomic E-state index is 0.117. The lowest BCUT2D eigenvalue weighted by molar-refractivity contribution is -0.118.